The molecular formula is C27H26N4O7S2. The van der Waals surface area contributed by atoms with Gasteiger partial charge in [0, 0.05) is 35.5 Å². The van der Waals surface area contributed by atoms with Crippen LogP contribution in [0.2, 0.25) is 0 Å². The molecule has 0 atom stereocenters. The zero-order chi connectivity index (χ0) is 28.3. The lowest BCUT2D eigenvalue weighted by Crippen LogP contribution is -2.40. The number of carbonyl (C=O) groups excluding carboxylic acids is 1. The highest BCUT2D eigenvalue weighted by atomic mass is 32.2. The molecule has 1 saturated heterocycles. The van der Waals surface area contributed by atoms with Gasteiger partial charge in [0.1, 0.15) is 0 Å². The van der Waals surface area contributed by atoms with E-state index in [2.05, 4.69) is 9.98 Å². The lowest BCUT2D eigenvalue weighted by Gasteiger charge is -2.26. The third kappa shape index (κ3) is 5.54. The highest BCUT2D eigenvalue weighted by Crippen LogP contribution is 2.28. The molecule has 0 bridgehead atoms. The maximum atomic E-state index is 13.4. The lowest BCUT2D eigenvalue weighted by atomic mass is 10.1. The van der Waals surface area contributed by atoms with Crippen molar-refractivity contribution in [2.75, 3.05) is 32.9 Å². The summed E-state index contributed by atoms with van der Waals surface area (Å²) in [7, 11) is -3.72. The number of thiazole rings is 1. The van der Waals surface area contributed by atoms with E-state index in [0.29, 0.717) is 34.8 Å². The van der Waals surface area contributed by atoms with Gasteiger partial charge in [-0.3, -0.25) is 9.59 Å². The van der Waals surface area contributed by atoms with Crippen LogP contribution in [0.25, 0.3) is 16.5 Å². The molecule has 4 aromatic rings. The van der Waals surface area contributed by atoms with Gasteiger partial charge in [-0.2, -0.15) is 4.31 Å². The van der Waals surface area contributed by atoms with Crippen molar-refractivity contribution >= 4 is 49.4 Å². The Kier molecular flexibility index (Phi) is 8.07. The quantitative estimate of drug-likeness (QED) is 0.247. The summed E-state index contributed by atoms with van der Waals surface area (Å²) in [6.07, 6.45) is 1.44. The molecule has 5 rings (SSSR count). The van der Waals surface area contributed by atoms with Crippen molar-refractivity contribution in [1.29, 1.82) is 0 Å². The fraction of sp³-hybridized carbons (Fsp3) is 0.259. The summed E-state index contributed by atoms with van der Waals surface area (Å²) in [5, 5.41) is 14.2. The molecule has 1 fully saturated rings. The molecule has 1 aliphatic heterocycles. The largest absolute Gasteiger partial charge is 0.494 e. The van der Waals surface area contributed by atoms with Gasteiger partial charge in [0.15, 0.2) is 0 Å². The molecule has 40 heavy (non-hydrogen) atoms. The first kappa shape index (κ1) is 27.6. The van der Waals surface area contributed by atoms with Crippen molar-refractivity contribution in [1.82, 2.24) is 13.9 Å². The number of aromatic nitrogens is 2. The third-order valence-corrected chi connectivity index (χ3v) is 8.99. The SMILES string of the molecule is CCOC(=O)Cc1csc(/N=C/c2c(O)n(-c3ccc(S(=O)(=O)N4CCOCC4)cc3)c(=O)c3ccccc23)n1. The summed E-state index contributed by atoms with van der Waals surface area (Å²) in [6, 6.07) is 12.6. The van der Waals surface area contributed by atoms with E-state index < -0.39 is 15.6 Å². The van der Waals surface area contributed by atoms with Crippen LogP contribution in [0.3, 0.4) is 0 Å². The van der Waals surface area contributed by atoms with Gasteiger partial charge in [-0.05, 0) is 37.3 Å². The van der Waals surface area contributed by atoms with Crippen LogP contribution in [0, 0.1) is 0 Å². The van der Waals surface area contributed by atoms with Gasteiger partial charge in [0.25, 0.3) is 5.56 Å². The Morgan fingerprint density at radius 2 is 1.85 bits per heavy atom. The fourth-order valence-electron chi connectivity index (χ4n) is 4.35. The third-order valence-electron chi connectivity index (χ3n) is 6.28. The van der Waals surface area contributed by atoms with Gasteiger partial charge in [-0.15, -0.1) is 11.3 Å². The number of aromatic hydroxyl groups is 1. The van der Waals surface area contributed by atoms with Crippen LogP contribution < -0.4 is 5.56 Å². The molecule has 0 unspecified atom stereocenters. The number of fused-ring (bicyclic) bond motifs is 1. The van der Waals surface area contributed by atoms with Gasteiger partial charge >= 0.3 is 5.97 Å². The molecule has 11 nitrogen and oxygen atoms in total. The Morgan fingerprint density at radius 1 is 1.15 bits per heavy atom. The van der Waals surface area contributed by atoms with Crippen molar-refractivity contribution < 1.29 is 27.8 Å². The maximum absolute atomic E-state index is 13.4. The van der Waals surface area contributed by atoms with Crippen LogP contribution in [-0.4, -0.2) is 72.5 Å². The molecule has 3 heterocycles. The van der Waals surface area contributed by atoms with Crippen molar-refractivity contribution in [2.45, 2.75) is 18.2 Å². The second kappa shape index (κ2) is 11.7. The summed E-state index contributed by atoms with van der Waals surface area (Å²) >= 11 is 1.22. The molecule has 208 valence electrons. The van der Waals surface area contributed by atoms with Crippen molar-refractivity contribution in [3.05, 3.63) is 75.5 Å². The van der Waals surface area contributed by atoms with Crippen LogP contribution in [0.5, 0.6) is 5.88 Å². The first-order valence-electron chi connectivity index (χ1n) is 12.5. The van der Waals surface area contributed by atoms with Gasteiger partial charge in [0.05, 0.1) is 48.1 Å². The minimum atomic E-state index is -3.72. The summed E-state index contributed by atoms with van der Waals surface area (Å²) in [6.45, 7) is 3.20. The molecule has 1 aliphatic rings. The van der Waals surface area contributed by atoms with E-state index in [-0.39, 0.29) is 54.1 Å². The first-order valence-corrected chi connectivity index (χ1v) is 14.8. The lowest BCUT2D eigenvalue weighted by molar-refractivity contribution is -0.142. The average Bonchev–Trinajstić information content (AvgIpc) is 3.41. The van der Waals surface area contributed by atoms with Crippen molar-refractivity contribution in [3.63, 3.8) is 0 Å². The van der Waals surface area contributed by atoms with E-state index in [1.807, 2.05) is 0 Å². The molecular weight excluding hydrogens is 556 g/mol. The van der Waals surface area contributed by atoms with Crippen LogP contribution in [-0.2, 0) is 30.7 Å². The first-order chi connectivity index (χ1) is 19.3. The molecule has 0 saturated carbocycles. The second-order valence-corrected chi connectivity index (χ2v) is 11.6. The average molecular weight is 583 g/mol. The van der Waals surface area contributed by atoms with Crippen molar-refractivity contribution in [3.8, 4) is 11.6 Å². The van der Waals surface area contributed by atoms with Gasteiger partial charge in [0.2, 0.25) is 21.0 Å². The summed E-state index contributed by atoms with van der Waals surface area (Å²) < 4.78 is 38.7. The summed E-state index contributed by atoms with van der Waals surface area (Å²) in [5.41, 5.74) is 0.610. The smallest absolute Gasteiger partial charge is 0.311 e. The van der Waals surface area contributed by atoms with Crippen LogP contribution >= 0.6 is 11.3 Å². The maximum Gasteiger partial charge on any atom is 0.311 e. The summed E-state index contributed by atoms with van der Waals surface area (Å²) in [4.78, 5) is 34.0. The topological polar surface area (TPSA) is 140 Å². The second-order valence-electron chi connectivity index (χ2n) is 8.80. The molecule has 0 aliphatic carbocycles. The number of hydrogen-bond donors (Lipinski definition) is 1. The fourth-order valence-corrected chi connectivity index (χ4v) is 6.42. The zero-order valence-electron chi connectivity index (χ0n) is 21.5. The number of ether oxygens (including phenoxy) is 2. The number of aliphatic imine (C=N–C) groups is 1. The van der Waals surface area contributed by atoms with E-state index in [9.17, 15) is 23.1 Å². The monoisotopic (exact) mass is 582 g/mol. The van der Waals surface area contributed by atoms with E-state index in [1.54, 1.807) is 36.6 Å². The van der Waals surface area contributed by atoms with Gasteiger partial charge in [-0.1, -0.05) is 18.2 Å². The zero-order valence-corrected chi connectivity index (χ0v) is 23.2. The molecule has 2 aromatic heterocycles. The number of morpholine rings is 1. The molecule has 13 heteroatoms. The van der Waals surface area contributed by atoms with Crippen molar-refractivity contribution in [2.24, 2.45) is 4.99 Å². The number of pyridine rings is 1. The van der Waals surface area contributed by atoms with E-state index in [4.69, 9.17) is 9.47 Å². The number of nitrogens with zero attached hydrogens (tertiary/aromatic N) is 4. The Labute approximate surface area is 234 Å². The van der Waals surface area contributed by atoms with Crippen LogP contribution in [0.15, 0.2) is 68.6 Å². The number of esters is 1. The standard InChI is InChI=1S/C27H26N4O7S2/c1-2-38-24(32)15-18-17-39-27(29-18)28-16-23-21-5-3-4-6-22(21)25(33)31(26(23)34)19-7-9-20(10-8-19)40(35,36)30-11-13-37-14-12-30/h3-10,16-17,34H,2,11-15H2,1H3/b28-16+. The van der Waals surface area contributed by atoms with Gasteiger partial charge < -0.3 is 14.6 Å². The Morgan fingerprint density at radius 3 is 2.55 bits per heavy atom. The Bertz CT molecular complexity index is 1740. The number of rotatable bonds is 8. The van der Waals surface area contributed by atoms with Gasteiger partial charge in [-0.25, -0.2) is 23.0 Å². The van der Waals surface area contributed by atoms with Crippen LogP contribution in [0.4, 0.5) is 5.13 Å². The van der Waals surface area contributed by atoms with E-state index in [1.165, 1.54) is 46.1 Å². The molecule has 2 aromatic carbocycles. The van der Waals surface area contributed by atoms with E-state index >= 15 is 0 Å². The summed E-state index contributed by atoms with van der Waals surface area (Å²) in [5.74, 6) is -0.748. The minimum Gasteiger partial charge on any atom is -0.494 e. The Balaban J connectivity index is 1.51. The molecule has 0 radical (unpaired) electrons. The molecule has 0 amide bonds. The molecule has 0 spiro atoms. The van der Waals surface area contributed by atoms with Crippen LogP contribution in [0.1, 0.15) is 18.2 Å². The Hall–Kier alpha value is -3.91. The number of hydrogen-bond acceptors (Lipinski definition) is 10. The predicted molar refractivity (Wildman–Crippen MR) is 150 cm³/mol. The highest BCUT2D eigenvalue weighted by molar-refractivity contribution is 7.89. The normalized spacial score (nSPS) is 14.6. The predicted octanol–water partition coefficient (Wildman–Crippen LogP) is 3.03. The minimum absolute atomic E-state index is 0.0240. The number of carbonyl (C=O) groups is 1. The number of sulfonamides is 1. The molecule has 1 N–H and O–H groups in total. The number of benzene rings is 2. The highest BCUT2D eigenvalue weighted by Gasteiger charge is 2.26. The van der Waals surface area contributed by atoms with E-state index in [0.717, 1.165) is 4.57 Å².